The molecule has 24 heavy (non-hydrogen) atoms. The first-order chi connectivity index (χ1) is 11.2. The fourth-order valence-corrected chi connectivity index (χ4v) is 5.15. The van der Waals surface area contributed by atoms with E-state index in [-0.39, 0.29) is 36.0 Å². The van der Waals surface area contributed by atoms with Crippen LogP contribution in [-0.4, -0.2) is 49.9 Å². The van der Waals surface area contributed by atoms with Gasteiger partial charge in [0, 0.05) is 12.6 Å². The molecular formula is C17H24BrNO4S. The quantitative estimate of drug-likeness (QED) is 0.713. The lowest BCUT2D eigenvalue weighted by Crippen LogP contribution is -2.45. The van der Waals surface area contributed by atoms with E-state index in [4.69, 9.17) is 4.74 Å². The summed E-state index contributed by atoms with van der Waals surface area (Å²) in [6.45, 7) is 6.45. The SMILES string of the molecule is Cc1ccc(OCC(=O)N(CC(C)C)[C@@H]2CCS(=O)(=O)C2)c(Br)c1. The third-order valence-electron chi connectivity index (χ3n) is 3.97. The Morgan fingerprint density at radius 3 is 2.67 bits per heavy atom. The minimum Gasteiger partial charge on any atom is -0.483 e. The van der Waals surface area contributed by atoms with Crippen LogP contribution in [0.15, 0.2) is 22.7 Å². The number of ether oxygens (including phenoxy) is 1. The van der Waals surface area contributed by atoms with Crippen LogP contribution < -0.4 is 4.74 Å². The molecule has 1 amide bonds. The summed E-state index contributed by atoms with van der Waals surface area (Å²) in [6.07, 6.45) is 0.509. The number of nitrogens with zero attached hydrogens (tertiary/aromatic N) is 1. The van der Waals surface area contributed by atoms with Gasteiger partial charge in [0.25, 0.3) is 5.91 Å². The molecule has 0 bridgehead atoms. The number of halogens is 1. The Kier molecular flexibility index (Phi) is 6.31. The number of sulfone groups is 1. The first-order valence-corrected chi connectivity index (χ1v) is 10.7. The van der Waals surface area contributed by atoms with E-state index in [1.807, 2.05) is 39.0 Å². The van der Waals surface area contributed by atoms with Crippen LogP contribution in [0.1, 0.15) is 25.8 Å². The van der Waals surface area contributed by atoms with Crippen LogP contribution >= 0.6 is 15.9 Å². The van der Waals surface area contributed by atoms with Gasteiger partial charge in [0.05, 0.1) is 16.0 Å². The van der Waals surface area contributed by atoms with Crippen molar-refractivity contribution in [1.29, 1.82) is 0 Å². The molecule has 1 aromatic rings. The van der Waals surface area contributed by atoms with Crippen LogP contribution in [0.4, 0.5) is 0 Å². The number of rotatable bonds is 6. The molecule has 7 heteroatoms. The van der Waals surface area contributed by atoms with Gasteiger partial charge in [-0.05, 0) is 52.9 Å². The van der Waals surface area contributed by atoms with Gasteiger partial charge in [0.1, 0.15) is 5.75 Å². The number of benzene rings is 1. The Bertz CT molecular complexity index is 703. The van der Waals surface area contributed by atoms with E-state index in [0.29, 0.717) is 18.7 Å². The average molecular weight is 418 g/mol. The van der Waals surface area contributed by atoms with Gasteiger partial charge in [-0.1, -0.05) is 19.9 Å². The topological polar surface area (TPSA) is 63.7 Å². The van der Waals surface area contributed by atoms with Crippen LogP contribution in [0, 0.1) is 12.8 Å². The molecule has 2 rings (SSSR count). The molecule has 1 atom stereocenters. The van der Waals surface area contributed by atoms with Crippen molar-refractivity contribution in [2.75, 3.05) is 24.7 Å². The Balaban J connectivity index is 2.05. The first-order valence-electron chi connectivity index (χ1n) is 8.07. The van der Waals surface area contributed by atoms with Gasteiger partial charge in [0.15, 0.2) is 16.4 Å². The monoisotopic (exact) mass is 417 g/mol. The number of hydrogen-bond donors (Lipinski definition) is 0. The molecule has 1 aliphatic heterocycles. The fraction of sp³-hybridized carbons (Fsp3) is 0.588. The largest absolute Gasteiger partial charge is 0.483 e. The lowest BCUT2D eigenvalue weighted by Gasteiger charge is -2.30. The van der Waals surface area contributed by atoms with Crippen molar-refractivity contribution in [3.8, 4) is 5.75 Å². The molecule has 0 radical (unpaired) electrons. The highest BCUT2D eigenvalue weighted by molar-refractivity contribution is 9.10. The highest BCUT2D eigenvalue weighted by Crippen LogP contribution is 2.26. The second-order valence-electron chi connectivity index (χ2n) is 6.72. The molecule has 5 nitrogen and oxygen atoms in total. The molecule has 1 saturated heterocycles. The van der Waals surface area contributed by atoms with E-state index in [2.05, 4.69) is 15.9 Å². The van der Waals surface area contributed by atoms with E-state index >= 15 is 0 Å². The van der Waals surface area contributed by atoms with Gasteiger partial charge in [0.2, 0.25) is 0 Å². The second kappa shape index (κ2) is 7.87. The molecule has 1 fully saturated rings. The van der Waals surface area contributed by atoms with Crippen molar-refractivity contribution in [3.05, 3.63) is 28.2 Å². The average Bonchev–Trinajstić information content (AvgIpc) is 2.83. The van der Waals surface area contributed by atoms with Crippen LogP contribution in [0.25, 0.3) is 0 Å². The van der Waals surface area contributed by atoms with Crippen molar-refractivity contribution in [1.82, 2.24) is 4.90 Å². The van der Waals surface area contributed by atoms with Gasteiger partial charge >= 0.3 is 0 Å². The molecular weight excluding hydrogens is 394 g/mol. The molecule has 0 spiro atoms. The van der Waals surface area contributed by atoms with Gasteiger partial charge in [-0.2, -0.15) is 0 Å². The van der Waals surface area contributed by atoms with Crippen molar-refractivity contribution in [3.63, 3.8) is 0 Å². The van der Waals surface area contributed by atoms with Crippen molar-refractivity contribution in [2.24, 2.45) is 5.92 Å². The molecule has 0 saturated carbocycles. The number of hydrogen-bond acceptors (Lipinski definition) is 4. The number of amides is 1. The molecule has 0 aliphatic carbocycles. The van der Waals surface area contributed by atoms with Gasteiger partial charge in [-0.25, -0.2) is 8.42 Å². The normalized spacial score (nSPS) is 19.5. The van der Waals surface area contributed by atoms with Gasteiger partial charge in [-0.3, -0.25) is 4.79 Å². The van der Waals surface area contributed by atoms with Crippen LogP contribution in [0.2, 0.25) is 0 Å². The molecule has 0 unspecified atom stereocenters. The van der Waals surface area contributed by atoms with E-state index in [1.54, 1.807) is 4.90 Å². The third-order valence-corrected chi connectivity index (χ3v) is 6.34. The summed E-state index contributed by atoms with van der Waals surface area (Å²) >= 11 is 3.43. The van der Waals surface area contributed by atoms with E-state index in [0.717, 1.165) is 10.0 Å². The lowest BCUT2D eigenvalue weighted by molar-refractivity contribution is -0.135. The molecule has 0 N–H and O–H groups in total. The maximum Gasteiger partial charge on any atom is 0.260 e. The summed E-state index contributed by atoms with van der Waals surface area (Å²) < 4.78 is 29.9. The number of carbonyl (C=O) groups excluding carboxylic acids is 1. The lowest BCUT2D eigenvalue weighted by atomic mass is 10.1. The van der Waals surface area contributed by atoms with Crippen LogP contribution in [0.5, 0.6) is 5.75 Å². The number of carbonyl (C=O) groups is 1. The Hall–Kier alpha value is -1.08. The third kappa shape index (κ3) is 5.21. The standard InChI is InChI=1S/C17H24BrNO4S/c1-12(2)9-19(14-6-7-24(21,22)11-14)17(20)10-23-16-5-4-13(3)8-15(16)18/h4-5,8,12,14H,6-7,9-11H2,1-3H3/t14-/m1/s1. The zero-order chi connectivity index (χ0) is 17.9. The highest BCUT2D eigenvalue weighted by Gasteiger charge is 2.34. The molecule has 134 valence electrons. The van der Waals surface area contributed by atoms with Crippen molar-refractivity contribution in [2.45, 2.75) is 33.2 Å². The maximum absolute atomic E-state index is 12.6. The predicted octanol–water partition coefficient (Wildman–Crippen LogP) is 2.81. The minimum absolute atomic E-state index is 0.0552. The summed E-state index contributed by atoms with van der Waals surface area (Å²) in [6, 6.07) is 5.42. The van der Waals surface area contributed by atoms with Gasteiger partial charge < -0.3 is 9.64 Å². The fourth-order valence-electron chi connectivity index (χ4n) is 2.81. The van der Waals surface area contributed by atoms with E-state index < -0.39 is 9.84 Å². The summed E-state index contributed by atoms with van der Waals surface area (Å²) in [5.74, 6) is 0.919. The zero-order valence-electron chi connectivity index (χ0n) is 14.3. The summed E-state index contributed by atoms with van der Waals surface area (Å²) in [5.41, 5.74) is 1.10. The van der Waals surface area contributed by atoms with Crippen LogP contribution in [-0.2, 0) is 14.6 Å². The Morgan fingerprint density at radius 1 is 1.42 bits per heavy atom. The summed E-state index contributed by atoms with van der Waals surface area (Å²) in [4.78, 5) is 14.3. The van der Waals surface area contributed by atoms with E-state index in [9.17, 15) is 13.2 Å². The number of aryl methyl sites for hydroxylation is 1. The molecule has 0 aromatic heterocycles. The minimum atomic E-state index is -3.03. The van der Waals surface area contributed by atoms with Crippen molar-refractivity contribution < 1.29 is 17.9 Å². The molecule has 1 aliphatic rings. The van der Waals surface area contributed by atoms with Gasteiger partial charge in [-0.15, -0.1) is 0 Å². The predicted molar refractivity (Wildman–Crippen MR) is 98.0 cm³/mol. The smallest absolute Gasteiger partial charge is 0.260 e. The first kappa shape index (κ1) is 19.2. The Labute approximate surface area is 152 Å². The molecule has 1 aromatic carbocycles. The second-order valence-corrected chi connectivity index (χ2v) is 9.80. The van der Waals surface area contributed by atoms with Crippen LogP contribution in [0.3, 0.4) is 0 Å². The van der Waals surface area contributed by atoms with Crippen molar-refractivity contribution >= 4 is 31.7 Å². The Morgan fingerprint density at radius 2 is 2.12 bits per heavy atom. The highest BCUT2D eigenvalue weighted by atomic mass is 79.9. The molecule has 1 heterocycles. The zero-order valence-corrected chi connectivity index (χ0v) is 16.7. The summed E-state index contributed by atoms with van der Waals surface area (Å²) in [5, 5.41) is 0. The maximum atomic E-state index is 12.6. The van der Waals surface area contributed by atoms with E-state index in [1.165, 1.54) is 0 Å². The summed E-state index contributed by atoms with van der Waals surface area (Å²) in [7, 11) is -3.03.